The van der Waals surface area contributed by atoms with Crippen LogP contribution in [0.15, 0.2) is 6.20 Å². The van der Waals surface area contributed by atoms with E-state index in [2.05, 4.69) is 42.3 Å². The SMILES string of the molecule is CCCN1CCCC(C(C)Nc2cn(C)nc2C)C1. The van der Waals surface area contributed by atoms with E-state index in [4.69, 9.17) is 0 Å². The molecular weight excluding hydrogens is 236 g/mol. The minimum atomic E-state index is 0.516. The molecule has 0 saturated carbocycles. The molecule has 1 aliphatic heterocycles. The Kier molecular flexibility index (Phi) is 4.86. The first kappa shape index (κ1) is 14.4. The first-order valence-electron chi connectivity index (χ1n) is 7.59. The van der Waals surface area contributed by atoms with Gasteiger partial charge in [-0.05, 0) is 52.1 Å². The Morgan fingerprint density at radius 2 is 2.32 bits per heavy atom. The van der Waals surface area contributed by atoms with Gasteiger partial charge in [0.2, 0.25) is 0 Å². The van der Waals surface area contributed by atoms with Crippen molar-refractivity contribution in [1.29, 1.82) is 0 Å². The number of aromatic nitrogens is 2. The number of hydrogen-bond acceptors (Lipinski definition) is 3. The van der Waals surface area contributed by atoms with E-state index in [1.54, 1.807) is 0 Å². The van der Waals surface area contributed by atoms with Crippen LogP contribution in [0.2, 0.25) is 0 Å². The van der Waals surface area contributed by atoms with Crippen molar-refractivity contribution in [3.05, 3.63) is 11.9 Å². The topological polar surface area (TPSA) is 33.1 Å². The third kappa shape index (κ3) is 3.72. The molecular formula is C15H28N4. The van der Waals surface area contributed by atoms with Crippen molar-refractivity contribution >= 4 is 5.69 Å². The van der Waals surface area contributed by atoms with Crippen LogP contribution in [-0.2, 0) is 7.05 Å². The van der Waals surface area contributed by atoms with Crippen molar-refractivity contribution in [2.45, 2.75) is 46.1 Å². The predicted octanol–water partition coefficient (Wildman–Crippen LogP) is 2.65. The van der Waals surface area contributed by atoms with E-state index >= 15 is 0 Å². The molecule has 1 aromatic rings. The van der Waals surface area contributed by atoms with E-state index in [-0.39, 0.29) is 0 Å². The van der Waals surface area contributed by atoms with Gasteiger partial charge in [-0.15, -0.1) is 0 Å². The van der Waals surface area contributed by atoms with Crippen LogP contribution in [0.5, 0.6) is 0 Å². The van der Waals surface area contributed by atoms with E-state index in [0.717, 1.165) is 11.6 Å². The highest BCUT2D eigenvalue weighted by Gasteiger charge is 2.24. The normalized spacial score (nSPS) is 22.4. The second-order valence-corrected chi connectivity index (χ2v) is 5.94. The van der Waals surface area contributed by atoms with Crippen molar-refractivity contribution in [1.82, 2.24) is 14.7 Å². The summed E-state index contributed by atoms with van der Waals surface area (Å²) in [6.45, 7) is 10.4. The number of rotatable bonds is 5. The number of piperidine rings is 1. The van der Waals surface area contributed by atoms with Crippen molar-refractivity contribution in [3.63, 3.8) is 0 Å². The van der Waals surface area contributed by atoms with Crippen LogP contribution in [0.1, 0.15) is 38.8 Å². The quantitative estimate of drug-likeness (QED) is 0.887. The maximum absolute atomic E-state index is 4.40. The van der Waals surface area contributed by atoms with E-state index in [9.17, 15) is 0 Å². The van der Waals surface area contributed by atoms with Crippen LogP contribution in [0.25, 0.3) is 0 Å². The smallest absolute Gasteiger partial charge is 0.0825 e. The molecule has 1 saturated heterocycles. The number of aryl methyl sites for hydroxylation is 2. The molecule has 0 amide bonds. The fraction of sp³-hybridized carbons (Fsp3) is 0.800. The number of anilines is 1. The van der Waals surface area contributed by atoms with Gasteiger partial charge in [-0.25, -0.2) is 0 Å². The van der Waals surface area contributed by atoms with Gasteiger partial charge in [0.15, 0.2) is 0 Å². The lowest BCUT2D eigenvalue weighted by Gasteiger charge is -2.36. The Morgan fingerprint density at radius 1 is 1.53 bits per heavy atom. The molecule has 108 valence electrons. The van der Waals surface area contributed by atoms with Crippen molar-refractivity contribution in [2.24, 2.45) is 13.0 Å². The fourth-order valence-corrected chi connectivity index (χ4v) is 3.12. The van der Waals surface area contributed by atoms with Crippen molar-refractivity contribution < 1.29 is 0 Å². The Labute approximate surface area is 117 Å². The molecule has 1 N–H and O–H groups in total. The summed E-state index contributed by atoms with van der Waals surface area (Å²) < 4.78 is 1.88. The monoisotopic (exact) mass is 264 g/mol. The van der Waals surface area contributed by atoms with Gasteiger partial charge in [-0.3, -0.25) is 4.68 Å². The molecule has 1 fully saturated rings. The van der Waals surface area contributed by atoms with Crippen molar-refractivity contribution in [2.75, 3.05) is 25.0 Å². The Hall–Kier alpha value is -1.03. The standard InChI is InChI=1S/C15H28N4/c1-5-8-19-9-6-7-14(10-19)12(2)16-15-11-18(4)17-13(15)3/h11-12,14,16H,5-10H2,1-4H3. The lowest BCUT2D eigenvalue weighted by molar-refractivity contribution is 0.165. The van der Waals surface area contributed by atoms with Gasteiger partial charge in [0.05, 0.1) is 11.4 Å². The highest BCUT2D eigenvalue weighted by molar-refractivity contribution is 5.46. The van der Waals surface area contributed by atoms with E-state index in [1.807, 2.05) is 11.7 Å². The Bertz CT molecular complexity index is 397. The molecule has 0 aliphatic carbocycles. The molecule has 1 aromatic heterocycles. The molecule has 1 aliphatic rings. The van der Waals surface area contributed by atoms with Gasteiger partial charge in [0.25, 0.3) is 0 Å². The average molecular weight is 264 g/mol. The Balaban J connectivity index is 1.92. The maximum atomic E-state index is 4.40. The molecule has 4 heteroatoms. The molecule has 2 atom stereocenters. The molecule has 0 radical (unpaired) electrons. The highest BCUT2D eigenvalue weighted by atomic mass is 15.3. The van der Waals surface area contributed by atoms with Crippen LogP contribution >= 0.6 is 0 Å². The van der Waals surface area contributed by atoms with Crippen LogP contribution < -0.4 is 5.32 Å². The summed E-state index contributed by atoms with van der Waals surface area (Å²) in [5.41, 5.74) is 2.28. The van der Waals surface area contributed by atoms with E-state index in [0.29, 0.717) is 6.04 Å². The minimum absolute atomic E-state index is 0.516. The average Bonchev–Trinajstić information content (AvgIpc) is 2.68. The number of nitrogens with zero attached hydrogens (tertiary/aromatic N) is 3. The molecule has 2 unspecified atom stereocenters. The minimum Gasteiger partial charge on any atom is -0.380 e. The molecule has 0 bridgehead atoms. The fourth-order valence-electron chi connectivity index (χ4n) is 3.12. The second-order valence-electron chi connectivity index (χ2n) is 5.94. The van der Waals surface area contributed by atoms with Crippen LogP contribution in [0, 0.1) is 12.8 Å². The lowest BCUT2D eigenvalue weighted by Crippen LogP contribution is -2.42. The number of nitrogens with one attached hydrogen (secondary N) is 1. The summed E-state index contributed by atoms with van der Waals surface area (Å²) in [7, 11) is 1.98. The largest absolute Gasteiger partial charge is 0.380 e. The Morgan fingerprint density at radius 3 is 2.95 bits per heavy atom. The third-order valence-corrected chi connectivity index (χ3v) is 4.19. The van der Waals surface area contributed by atoms with Crippen LogP contribution in [0.4, 0.5) is 5.69 Å². The molecule has 19 heavy (non-hydrogen) atoms. The molecule has 2 rings (SSSR count). The summed E-state index contributed by atoms with van der Waals surface area (Å²) >= 11 is 0. The molecule has 2 heterocycles. The van der Waals surface area contributed by atoms with E-state index in [1.165, 1.54) is 44.6 Å². The number of likely N-dealkylation sites (tertiary alicyclic amines) is 1. The predicted molar refractivity (Wildman–Crippen MR) is 80.5 cm³/mol. The summed E-state index contributed by atoms with van der Waals surface area (Å²) in [5.74, 6) is 0.750. The molecule has 4 nitrogen and oxygen atoms in total. The molecule has 0 spiro atoms. The summed E-state index contributed by atoms with van der Waals surface area (Å²) in [6.07, 6.45) is 6.02. The summed E-state index contributed by atoms with van der Waals surface area (Å²) in [6, 6.07) is 0.516. The van der Waals surface area contributed by atoms with Gasteiger partial charge in [-0.1, -0.05) is 6.92 Å². The van der Waals surface area contributed by atoms with Crippen LogP contribution in [-0.4, -0.2) is 40.4 Å². The second kappa shape index (κ2) is 6.42. The maximum Gasteiger partial charge on any atom is 0.0825 e. The highest BCUT2D eigenvalue weighted by Crippen LogP contribution is 2.23. The van der Waals surface area contributed by atoms with E-state index < -0.39 is 0 Å². The third-order valence-electron chi connectivity index (χ3n) is 4.19. The lowest BCUT2D eigenvalue weighted by atomic mass is 9.91. The first-order chi connectivity index (χ1) is 9.10. The van der Waals surface area contributed by atoms with Crippen molar-refractivity contribution in [3.8, 4) is 0 Å². The van der Waals surface area contributed by atoms with Gasteiger partial charge in [0, 0.05) is 25.8 Å². The zero-order valence-corrected chi connectivity index (χ0v) is 12.8. The first-order valence-corrected chi connectivity index (χ1v) is 7.59. The zero-order chi connectivity index (χ0) is 13.8. The summed E-state index contributed by atoms with van der Waals surface area (Å²) in [4.78, 5) is 2.61. The summed E-state index contributed by atoms with van der Waals surface area (Å²) in [5, 5.41) is 8.05. The zero-order valence-electron chi connectivity index (χ0n) is 12.8. The van der Waals surface area contributed by atoms with Gasteiger partial charge >= 0.3 is 0 Å². The van der Waals surface area contributed by atoms with Gasteiger partial charge < -0.3 is 10.2 Å². The number of hydrogen-bond donors (Lipinski definition) is 1. The van der Waals surface area contributed by atoms with Gasteiger partial charge in [-0.2, -0.15) is 5.10 Å². The van der Waals surface area contributed by atoms with Crippen LogP contribution in [0.3, 0.4) is 0 Å². The van der Waals surface area contributed by atoms with Gasteiger partial charge in [0.1, 0.15) is 0 Å². The molecule has 0 aromatic carbocycles.